The predicted octanol–water partition coefficient (Wildman–Crippen LogP) is 2.38. The van der Waals surface area contributed by atoms with Crippen LogP contribution in [0.25, 0.3) is 0 Å². The number of hydrogen-bond donors (Lipinski definition) is 0. The maximum absolute atomic E-state index is 11.9. The van der Waals surface area contributed by atoms with Crippen LogP contribution in [0.3, 0.4) is 0 Å². The molecule has 0 N–H and O–H groups in total. The fourth-order valence-corrected chi connectivity index (χ4v) is 0.715. The van der Waals surface area contributed by atoms with E-state index in [4.69, 9.17) is 0 Å². The molecule has 0 saturated heterocycles. The zero-order valence-corrected chi connectivity index (χ0v) is 6.14. The summed E-state index contributed by atoms with van der Waals surface area (Å²) in [5, 5.41) is 0. The number of nitrogens with zero attached hydrogens (tertiary/aromatic N) is 1. The minimum atomic E-state index is -2.46. The van der Waals surface area contributed by atoms with Gasteiger partial charge in [0, 0.05) is 11.3 Å². The molecular formula is C8H8F2N. The summed E-state index contributed by atoms with van der Waals surface area (Å²) in [6.45, 7) is 1.91. The number of hydrogen-bond acceptors (Lipinski definition) is 1. The van der Waals surface area contributed by atoms with E-state index in [2.05, 4.69) is 11.2 Å². The molecule has 0 saturated carbocycles. The van der Waals surface area contributed by atoms with E-state index in [-0.39, 0.29) is 5.56 Å². The van der Waals surface area contributed by atoms with Gasteiger partial charge in [0.05, 0.1) is 6.20 Å². The van der Waals surface area contributed by atoms with Crippen LogP contribution in [0.1, 0.15) is 24.6 Å². The third-order valence-electron chi connectivity index (χ3n) is 1.38. The van der Waals surface area contributed by atoms with E-state index in [9.17, 15) is 8.78 Å². The minimum absolute atomic E-state index is 0.137. The van der Waals surface area contributed by atoms with Crippen molar-refractivity contribution in [1.29, 1.82) is 0 Å². The Morgan fingerprint density at radius 2 is 2.27 bits per heavy atom. The molecule has 1 nitrogen and oxygen atoms in total. The maximum atomic E-state index is 11.9. The highest BCUT2D eigenvalue weighted by atomic mass is 19.3. The molecule has 0 aliphatic carbocycles. The molecular weight excluding hydrogens is 148 g/mol. The molecule has 1 radical (unpaired) electrons. The van der Waals surface area contributed by atoms with Crippen LogP contribution in [-0.2, 0) is 6.42 Å². The molecule has 0 unspecified atom stereocenters. The van der Waals surface area contributed by atoms with Crippen molar-refractivity contribution in [3.05, 3.63) is 29.6 Å². The second kappa shape index (κ2) is 3.42. The van der Waals surface area contributed by atoms with Crippen molar-refractivity contribution in [3.8, 4) is 0 Å². The lowest BCUT2D eigenvalue weighted by atomic mass is 10.2. The lowest BCUT2D eigenvalue weighted by Crippen LogP contribution is -1.90. The van der Waals surface area contributed by atoms with Crippen LogP contribution >= 0.6 is 0 Å². The molecule has 1 aromatic rings. The van der Waals surface area contributed by atoms with Crippen LogP contribution in [0.2, 0.25) is 0 Å². The van der Waals surface area contributed by atoms with E-state index in [1.54, 1.807) is 6.07 Å². The Morgan fingerprint density at radius 3 is 2.64 bits per heavy atom. The first kappa shape index (κ1) is 8.11. The Labute approximate surface area is 64.1 Å². The van der Waals surface area contributed by atoms with Crippen LogP contribution in [0.4, 0.5) is 8.78 Å². The molecule has 3 heteroatoms. The molecule has 0 bridgehead atoms. The van der Waals surface area contributed by atoms with Crippen molar-refractivity contribution in [2.75, 3.05) is 0 Å². The van der Waals surface area contributed by atoms with E-state index in [0.717, 1.165) is 12.1 Å². The quantitative estimate of drug-likeness (QED) is 0.640. The largest absolute Gasteiger partial charge is 0.266 e. The Hall–Kier alpha value is -0.990. The fourth-order valence-electron chi connectivity index (χ4n) is 0.715. The van der Waals surface area contributed by atoms with Gasteiger partial charge in [-0.15, -0.1) is 0 Å². The topological polar surface area (TPSA) is 12.9 Å². The number of pyridine rings is 1. The minimum Gasteiger partial charge on any atom is -0.251 e. The lowest BCUT2D eigenvalue weighted by Gasteiger charge is -1.98. The molecule has 59 valence electrons. The summed E-state index contributed by atoms with van der Waals surface area (Å²) < 4.78 is 23.9. The van der Waals surface area contributed by atoms with Crippen molar-refractivity contribution < 1.29 is 8.78 Å². The molecule has 0 spiro atoms. The highest BCUT2D eigenvalue weighted by molar-refractivity contribution is 5.13. The first-order chi connectivity index (χ1) is 5.24. The monoisotopic (exact) mass is 156 g/mol. The van der Waals surface area contributed by atoms with Gasteiger partial charge in [-0.1, -0.05) is 6.92 Å². The predicted molar refractivity (Wildman–Crippen MR) is 37.4 cm³/mol. The second-order valence-electron chi connectivity index (χ2n) is 2.16. The number of aryl methyl sites for hydroxylation is 1. The average Bonchev–Trinajstić information content (AvgIpc) is 2.05. The van der Waals surface area contributed by atoms with Gasteiger partial charge in [0.15, 0.2) is 0 Å². The molecule has 1 rings (SSSR count). The summed E-state index contributed by atoms with van der Waals surface area (Å²) in [6.07, 6.45) is 0.573. The molecule has 1 aromatic heterocycles. The first-order valence-electron chi connectivity index (χ1n) is 3.39. The van der Waals surface area contributed by atoms with Crippen molar-refractivity contribution in [2.24, 2.45) is 0 Å². The molecule has 0 fully saturated rings. The lowest BCUT2D eigenvalue weighted by molar-refractivity contribution is 0.150. The normalized spacial score (nSPS) is 10.5. The fraction of sp³-hybridized carbons (Fsp3) is 0.375. The van der Waals surface area contributed by atoms with E-state index in [1.165, 1.54) is 6.07 Å². The highest BCUT2D eigenvalue weighted by Gasteiger charge is 2.06. The van der Waals surface area contributed by atoms with Crippen molar-refractivity contribution in [3.63, 3.8) is 0 Å². The third-order valence-corrected chi connectivity index (χ3v) is 1.38. The summed E-state index contributed by atoms with van der Waals surface area (Å²) in [5.41, 5.74) is 0.650. The zero-order chi connectivity index (χ0) is 8.27. The Kier molecular flexibility index (Phi) is 2.52. The van der Waals surface area contributed by atoms with Gasteiger partial charge in [-0.05, 0) is 18.6 Å². The number of halogens is 2. The van der Waals surface area contributed by atoms with Gasteiger partial charge >= 0.3 is 0 Å². The molecule has 0 aliphatic heterocycles. The van der Waals surface area contributed by atoms with Gasteiger partial charge in [-0.3, -0.25) is 4.98 Å². The summed E-state index contributed by atoms with van der Waals surface area (Å²) in [7, 11) is 0. The molecule has 1 heterocycles. The number of aromatic nitrogens is 1. The molecule has 0 atom stereocenters. The van der Waals surface area contributed by atoms with Crippen LogP contribution < -0.4 is 0 Å². The molecule has 0 amide bonds. The Morgan fingerprint density at radius 1 is 1.55 bits per heavy atom. The molecule has 11 heavy (non-hydrogen) atoms. The van der Waals surface area contributed by atoms with Gasteiger partial charge < -0.3 is 0 Å². The number of alkyl halides is 2. The molecule has 0 aromatic carbocycles. The van der Waals surface area contributed by atoms with Gasteiger partial charge in [0.25, 0.3) is 6.43 Å². The molecule has 0 aliphatic rings. The van der Waals surface area contributed by atoms with Gasteiger partial charge in [0.1, 0.15) is 0 Å². The van der Waals surface area contributed by atoms with Crippen molar-refractivity contribution >= 4 is 0 Å². The van der Waals surface area contributed by atoms with E-state index >= 15 is 0 Å². The van der Waals surface area contributed by atoms with E-state index < -0.39 is 6.43 Å². The van der Waals surface area contributed by atoms with Crippen LogP contribution in [0.5, 0.6) is 0 Å². The Balaban J connectivity index is 2.83. The highest BCUT2D eigenvalue weighted by Crippen LogP contribution is 2.16. The first-order valence-corrected chi connectivity index (χ1v) is 3.39. The zero-order valence-electron chi connectivity index (χ0n) is 6.14. The average molecular weight is 156 g/mol. The van der Waals surface area contributed by atoms with Crippen LogP contribution in [-0.4, -0.2) is 4.98 Å². The van der Waals surface area contributed by atoms with Gasteiger partial charge in [0.2, 0.25) is 0 Å². The van der Waals surface area contributed by atoms with Crippen molar-refractivity contribution in [2.45, 2.75) is 19.8 Å². The smallest absolute Gasteiger partial charge is 0.251 e. The summed E-state index contributed by atoms with van der Waals surface area (Å²) in [5.74, 6) is 0. The summed E-state index contributed by atoms with van der Waals surface area (Å²) in [6, 6.07) is 2.95. The standard InChI is InChI=1S/C8H8F2N/c1-2-7-4-3-6(5-11-7)8(9)10/h3-4,8H,2H2,1H3. The number of rotatable bonds is 2. The van der Waals surface area contributed by atoms with E-state index in [0.29, 0.717) is 0 Å². The maximum Gasteiger partial charge on any atom is 0.266 e. The SMILES string of the molecule is CCc1ccc(C(F)F)[c]n1. The van der Waals surface area contributed by atoms with Gasteiger partial charge in [-0.25, -0.2) is 8.78 Å². The summed E-state index contributed by atoms with van der Waals surface area (Å²) in [4.78, 5) is 3.71. The third kappa shape index (κ3) is 1.97. The Bertz CT molecular complexity index is 218. The second-order valence-corrected chi connectivity index (χ2v) is 2.16. The van der Waals surface area contributed by atoms with Crippen molar-refractivity contribution in [1.82, 2.24) is 4.98 Å². The van der Waals surface area contributed by atoms with Crippen LogP contribution in [0.15, 0.2) is 12.1 Å². The summed E-state index contributed by atoms with van der Waals surface area (Å²) >= 11 is 0. The van der Waals surface area contributed by atoms with Crippen LogP contribution in [0, 0.1) is 6.20 Å². The van der Waals surface area contributed by atoms with Gasteiger partial charge in [-0.2, -0.15) is 0 Å². The van der Waals surface area contributed by atoms with E-state index in [1.807, 2.05) is 6.92 Å².